The molecule has 2 unspecified atom stereocenters. The van der Waals surface area contributed by atoms with Gasteiger partial charge in [0.15, 0.2) is 0 Å². The summed E-state index contributed by atoms with van der Waals surface area (Å²) in [6.45, 7) is 28.6. The summed E-state index contributed by atoms with van der Waals surface area (Å²) in [5.41, 5.74) is 21.2. The monoisotopic (exact) mass is 908 g/mol. The Morgan fingerprint density at radius 3 is 1.87 bits per heavy atom. The summed E-state index contributed by atoms with van der Waals surface area (Å²) in [6, 6.07) is 52.8. The van der Waals surface area contributed by atoms with Crippen LogP contribution in [0.2, 0.25) is 0 Å². The number of hydrogen-bond donors (Lipinski definition) is 0. The Hall–Kier alpha value is -5.78. The molecule has 1 aromatic heterocycles. The largest absolute Gasteiger partial charge is 0.334 e. The van der Waals surface area contributed by atoms with Crippen LogP contribution in [0.15, 0.2) is 133 Å². The van der Waals surface area contributed by atoms with Crippen LogP contribution in [0.25, 0.3) is 20.2 Å². The normalized spacial score (nSPS) is 19.8. The van der Waals surface area contributed by atoms with Gasteiger partial charge >= 0.3 is 0 Å². The zero-order chi connectivity index (χ0) is 47.4. The van der Waals surface area contributed by atoms with Crippen molar-refractivity contribution in [2.75, 3.05) is 14.7 Å². The second kappa shape index (κ2) is 14.6. The predicted molar refractivity (Wildman–Crippen MR) is 297 cm³/mol. The fourth-order valence-corrected chi connectivity index (χ4v) is 14.0. The molecular weight excluding hydrogens is 842 g/mol. The van der Waals surface area contributed by atoms with Gasteiger partial charge in [-0.3, -0.25) is 0 Å². The summed E-state index contributed by atoms with van der Waals surface area (Å²) >= 11 is 1.91. The maximum absolute atomic E-state index is 2.79. The maximum atomic E-state index is 2.79. The third kappa shape index (κ3) is 6.22. The van der Waals surface area contributed by atoms with Crippen LogP contribution >= 0.6 is 11.3 Å². The van der Waals surface area contributed by atoms with E-state index in [0.717, 1.165) is 6.42 Å². The van der Waals surface area contributed by atoms with Gasteiger partial charge in [0.1, 0.15) is 0 Å². The second-order valence-electron chi connectivity index (χ2n) is 24.3. The molecule has 0 bridgehead atoms. The van der Waals surface area contributed by atoms with E-state index in [9.17, 15) is 0 Å². The SMILES string of the molecule is Cc1cc2c3c(c1)N(c1cccc4sc5ccccc5c14)c1cc(N4c5ccc(C(C)(C)C)cc5C5(C)CCCCC45C)ccc1B3c1ccc(C(C)(C)C)cc1N2c1cccc(C(C)(C)C)c1. The van der Waals surface area contributed by atoms with E-state index >= 15 is 0 Å². The van der Waals surface area contributed by atoms with Gasteiger partial charge in [-0.25, -0.2) is 0 Å². The van der Waals surface area contributed by atoms with E-state index < -0.39 is 0 Å². The smallest absolute Gasteiger partial charge is 0.252 e. The molecule has 1 aliphatic carbocycles. The molecule has 0 saturated heterocycles. The highest BCUT2D eigenvalue weighted by atomic mass is 32.1. The van der Waals surface area contributed by atoms with E-state index in [1.165, 1.54) is 129 Å². The number of benzene rings is 7. The molecule has 1 saturated carbocycles. The number of anilines is 8. The van der Waals surface area contributed by atoms with Crippen LogP contribution in [-0.2, 0) is 21.7 Å². The summed E-state index contributed by atoms with van der Waals surface area (Å²) in [4.78, 5) is 8.08. The van der Waals surface area contributed by atoms with Gasteiger partial charge in [-0.1, -0.05) is 149 Å². The van der Waals surface area contributed by atoms with Crippen LogP contribution in [-0.4, -0.2) is 12.3 Å². The highest BCUT2D eigenvalue weighted by molar-refractivity contribution is 7.26. The first-order valence-electron chi connectivity index (χ1n) is 25.3. The van der Waals surface area contributed by atoms with Crippen LogP contribution in [0, 0.1) is 6.92 Å². The molecule has 2 atom stereocenters. The lowest BCUT2D eigenvalue weighted by Crippen LogP contribution is -2.61. The van der Waals surface area contributed by atoms with E-state index in [4.69, 9.17) is 0 Å². The zero-order valence-electron chi connectivity index (χ0n) is 42.4. The number of hydrogen-bond acceptors (Lipinski definition) is 4. The van der Waals surface area contributed by atoms with E-state index in [2.05, 4.69) is 231 Å². The quantitative estimate of drug-likeness (QED) is 0.164. The molecule has 0 N–H and O–H groups in total. The molecule has 68 heavy (non-hydrogen) atoms. The first-order chi connectivity index (χ1) is 32.3. The molecular formula is C63H66BN3S. The highest BCUT2D eigenvalue weighted by Gasteiger charge is 2.58. The van der Waals surface area contributed by atoms with E-state index in [0.29, 0.717) is 0 Å². The Kier molecular flexibility index (Phi) is 9.36. The second-order valence-corrected chi connectivity index (χ2v) is 25.4. The predicted octanol–water partition coefficient (Wildman–Crippen LogP) is 16.1. The molecule has 0 amide bonds. The lowest BCUT2D eigenvalue weighted by Gasteiger charge is -2.50. The Balaban J connectivity index is 1.17. The molecule has 0 spiro atoms. The van der Waals surface area contributed by atoms with Gasteiger partial charge < -0.3 is 14.7 Å². The lowest BCUT2D eigenvalue weighted by atomic mass is 9.33. The topological polar surface area (TPSA) is 9.72 Å². The van der Waals surface area contributed by atoms with Gasteiger partial charge in [0, 0.05) is 65.4 Å². The molecule has 3 aliphatic heterocycles. The maximum Gasteiger partial charge on any atom is 0.252 e. The standard InChI is InChI=1S/C63H66BN3S/c1-39-33-53-58-54(34-39)66(50-22-18-24-56-57(50)45-21-13-14-23-55(45)68-56)52-38-44(67-49-30-26-41(60(5,6)7)36-46(49)62(11)31-15-16-32-63(62,67)12)27-29-48(52)64(58)47-28-25-42(61(8,9)10)37-51(47)65(53)43-20-17-19-40(35-43)59(2,3)4/h13-14,17-30,33-38H,15-16,31-32H2,1-12H3. The Labute approximate surface area is 409 Å². The van der Waals surface area contributed by atoms with E-state index in [1.54, 1.807) is 0 Å². The van der Waals surface area contributed by atoms with Crippen LogP contribution < -0.4 is 31.1 Å². The number of thiophene rings is 1. The van der Waals surface area contributed by atoms with Gasteiger partial charge in [-0.15, -0.1) is 11.3 Å². The molecule has 4 heterocycles. The minimum Gasteiger partial charge on any atom is -0.334 e. The third-order valence-corrected chi connectivity index (χ3v) is 18.0. The molecule has 5 heteroatoms. The van der Waals surface area contributed by atoms with Crippen LogP contribution in [0.4, 0.5) is 45.5 Å². The number of aryl methyl sites for hydroxylation is 1. The fraction of sp³-hybridized carbons (Fsp3) is 0.333. The molecule has 7 aromatic carbocycles. The van der Waals surface area contributed by atoms with E-state index in [1.807, 2.05) is 11.3 Å². The number of nitrogens with zero attached hydrogens (tertiary/aromatic N) is 3. The minimum absolute atomic E-state index is 0.00273. The van der Waals surface area contributed by atoms with Crippen LogP contribution in [0.3, 0.4) is 0 Å². The zero-order valence-corrected chi connectivity index (χ0v) is 43.2. The average Bonchev–Trinajstić information content (AvgIpc) is 3.77. The van der Waals surface area contributed by atoms with Crippen molar-refractivity contribution < 1.29 is 0 Å². The highest BCUT2D eigenvalue weighted by Crippen LogP contribution is 2.62. The molecule has 12 rings (SSSR count). The Morgan fingerprint density at radius 1 is 0.500 bits per heavy atom. The van der Waals surface area contributed by atoms with Crippen molar-refractivity contribution in [1.29, 1.82) is 0 Å². The minimum atomic E-state index is -0.0774. The molecule has 1 fully saturated rings. The van der Waals surface area contributed by atoms with Crippen molar-refractivity contribution in [2.45, 2.75) is 136 Å². The summed E-state index contributed by atoms with van der Waals surface area (Å²) < 4.78 is 2.64. The summed E-state index contributed by atoms with van der Waals surface area (Å²) in [5.74, 6) is 0. The third-order valence-electron chi connectivity index (χ3n) is 16.9. The van der Waals surface area contributed by atoms with Crippen molar-refractivity contribution in [3.63, 3.8) is 0 Å². The average molecular weight is 908 g/mol. The van der Waals surface area contributed by atoms with Gasteiger partial charge in [0.25, 0.3) is 6.71 Å². The first kappa shape index (κ1) is 43.5. The van der Waals surface area contributed by atoms with Gasteiger partial charge in [0.2, 0.25) is 0 Å². The number of rotatable bonds is 3. The summed E-state index contributed by atoms with van der Waals surface area (Å²) in [6.07, 6.45) is 4.87. The Bertz CT molecular complexity index is 3390. The first-order valence-corrected chi connectivity index (χ1v) is 26.1. The summed E-state index contributed by atoms with van der Waals surface area (Å²) in [5, 5.41) is 2.64. The van der Waals surface area contributed by atoms with E-state index in [-0.39, 0.29) is 33.9 Å². The lowest BCUT2D eigenvalue weighted by molar-refractivity contribution is 0.195. The molecule has 8 aromatic rings. The Morgan fingerprint density at radius 2 is 1.12 bits per heavy atom. The molecule has 0 radical (unpaired) electrons. The van der Waals surface area contributed by atoms with Gasteiger partial charge in [0.05, 0.1) is 11.2 Å². The van der Waals surface area contributed by atoms with Crippen molar-refractivity contribution in [2.24, 2.45) is 0 Å². The van der Waals surface area contributed by atoms with Crippen LogP contribution in [0.5, 0.6) is 0 Å². The van der Waals surface area contributed by atoms with Crippen LogP contribution in [0.1, 0.15) is 130 Å². The summed E-state index contributed by atoms with van der Waals surface area (Å²) in [7, 11) is 0. The van der Waals surface area contributed by atoms with Gasteiger partial charge in [-0.05, 0) is 154 Å². The molecule has 342 valence electrons. The molecule has 4 aliphatic rings. The molecule has 3 nitrogen and oxygen atoms in total. The van der Waals surface area contributed by atoms with Crippen molar-refractivity contribution in [3.8, 4) is 0 Å². The van der Waals surface area contributed by atoms with Crippen molar-refractivity contribution in [1.82, 2.24) is 0 Å². The number of fused-ring (bicyclic) bond motifs is 10. The van der Waals surface area contributed by atoms with Gasteiger partial charge in [-0.2, -0.15) is 0 Å². The van der Waals surface area contributed by atoms with Crippen molar-refractivity contribution in [3.05, 3.63) is 161 Å². The van der Waals surface area contributed by atoms with Crippen molar-refractivity contribution >= 4 is 100 Å². The fourth-order valence-electron chi connectivity index (χ4n) is 12.9.